The topological polar surface area (TPSA) is 54.5 Å². The average molecular weight is 799 g/mol. The van der Waals surface area contributed by atoms with E-state index in [1.165, 1.54) is 59.2 Å². The highest BCUT2D eigenvalue weighted by atomic mass is 19.4. The second-order valence-corrected chi connectivity index (χ2v) is 13.2. The number of aryl methyl sites for hydroxylation is 2. The number of rotatable bonds is 4. The van der Waals surface area contributed by atoms with Crippen molar-refractivity contribution < 1.29 is 52.7 Å². The van der Waals surface area contributed by atoms with Crippen molar-refractivity contribution in [2.45, 2.75) is 38.6 Å². The van der Waals surface area contributed by atoms with E-state index in [0.717, 1.165) is 0 Å². The minimum absolute atomic E-state index is 0.0110. The van der Waals surface area contributed by atoms with Crippen molar-refractivity contribution in [3.63, 3.8) is 0 Å². The lowest BCUT2D eigenvalue weighted by Gasteiger charge is -2.15. The van der Waals surface area contributed by atoms with E-state index < -0.39 is 58.1 Å². The number of fused-ring (bicyclic) bond motifs is 3. The van der Waals surface area contributed by atoms with Gasteiger partial charge in [0.25, 0.3) is 0 Å². The van der Waals surface area contributed by atoms with E-state index in [4.69, 9.17) is 0 Å². The van der Waals surface area contributed by atoms with Gasteiger partial charge in [0.05, 0.1) is 44.9 Å². The molecule has 4 nitrogen and oxygen atoms in total. The standard InChI is InChI=1S/C41H22F12N4/c1-20-9-21(2)56-37(55-20)32-8-5-31(14-26(32)19-54)57-35-15-22(24-10-27(38(42,43)44)17-28(11-24)39(45,46)47)3-6-33(35)34-7-4-23(16-36(34)57)25-12-29(40(48,49)50)18-30(13-25)41(51,52)53/h3-18H,1-2H3. The monoisotopic (exact) mass is 798 g/mol. The zero-order valence-electron chi connectivity index (χ0n) is 29.1. The first kappa shape index (κ1) is 38.9. The van der Waals surface area contributed by atoms with Crippen LogP contribution in [0.3, 0.4) is 0 Å². The summed E-state index contributed by atoms with van der Waals surface area (Å²) in [6, 6.07) is 18.5. The van der Waals surface area contributed by atoms with Crippen LogP contribution in [0.25, 0.3) is 61.1 Å². The maximum atomic E-state index is 13.8. The largest absolute Gasteiger partial charge is 0.416 e. The molecule has 0 aliphatic heterocycles. The third-order valence-corrected chi connectivity index (χ3v) is 9.21. The maximum absolute atomic E-state index is 13.8. The van der Waals surface area contributed by atoms with Crippen molar-refractivity contribution in [3.8, 4) is 45.4 Å². The second-order valence-electron chi connectivity index (χ2n) is 13.2. The molecule has 2 heterocycles. The van der Waals surface area contributed by atoms with Gasteiger partial charge in [0.1, 0.15) is 0 Å². The normalized spacial score (nSPS) is 12.7. The predicted octanol–water partition coefficient (Wildman–Crippen LogP) is 13.1. The molecule has 7 rings (SSSR count). The quantitative estimate of drug-likeness (QED) is 0.167. The molecule has 7 aromatic rings. The van der Waals surface area contributed by atoms with E-state index in [0.29, 0.717) is 52.0 Å². The Morgan fingerprint density at radius 2 is 0.877 bits per heavy atom. The summed E-state index contributed by atoms with van der Waals surface area (Å²) in [6.07, 6.45) is -20.6. The first-order valence-electron chi connectivity index (χ1n) is 16.6. The van der Waals surface area contributed by atoms with Crippen molar-refractivity contribution >= 4 is 21.8 Å². The fourth-order valence-electron chi connectivity index (χ4n) is 6.70. The van der Waals surface area contributed by atoms with Crippen molar-refractivity contribution in [2.75, 3.05) is 0 Å². The molecule has 0 fully saturated rings. The van der Waals surface area contributed by atoms with Gasteiger partial charge in [-0.25, -0.2) is 9.97 Å². The predicted molar refractivity (Wildman–Crippen MR) is 187 cm³/mol. The Bertz CT molecular complexity index is 2560. The molecule has 5 aromatic carbocycles. The summed E-state index contributed by atoms with van der Waals surface area (Å²) in [5.74, 6) is 0.206. The van der Waals surface area contributed by atoms with E-state index in [1.54, 1.807) is 19.9 Å². The average Bonchev–Trinajstić information content (AvgIpc) is 3.45. The molecular formula is C41H22F12N4. The summed E-state index contributed by atoms with van der Waals surface area (Å²) >= 11 is 0. The molecule has 0 bridgehead atoms. The Morgan fingerprint density at radius 3 is 1.25 bits per heavy atom. The van der Waals surface area contributed by atoms with Gasteiger partial charge in [0, 0.05) is 33.4 Å². The molecular weight excluding hydrogens is 776 g/mol. The number of aromatic nitrogens is 3. The highest BCUT2D eigenvalue weighted by Crippen LogP contribution is 2.43. The molecule has 16 heteroatoms. The Kier molecular flexibility index (Phi) is 9.13. The van der Waals surface area contributed by atoms with Gasteiger partial charge in [0.2, 0.25) is 0 Å². The number of hydrogen-bond donors (Lipinski definition) is 0. The van der Waals surface area contributed by atoms with Gasteiger partial charge < -0.3 is 4.57 Å². The first-order valence-corrected chi connectivity index (χ1v) is 16.6. The van der Waals surface area contributed by atoms with Crippen molar-refractivity contribution in [3.05, 3.63) is 136 Å². The Hall–Kier alpha value is -6.37. The molecule has 0 atom stereocenters. The van der Waals surface area contributed by atoms with Crippen LogP contribution in [0.15, 0.2) is 97.1 Å². The second kappa shape index (κ2) is 13.4. The minimum Gasteiger partial charge on any atom is -0.309 e. The third kappa shape index (κ3) is 7.49. The van der Waals surface area contributed by atoms with Crippen LogP contribution in [0, 0.1) is 25.2 Å². The zero-order chi connectivity index (χ0) is 41.4. The lowest BCUT2D eigenvalue weighted by Crippen LogP contribution is -2.11. The number of hydrogen-bond acceptors (Lipinski definition) is 3. The molecule has 2 aromatic heterocycles. The zero-order valence-corrected chi connectivity index (χ0v) is 29.1. The Morgan fingerprint density at radius 1 is 0.474 bits per heavy atom. The highest BCUT2D eigenvalue weighted by molar-refractivity contribution is 6.11. The number of nitrogens with zero attached hydrogens (tertiary/aromatic N) is 4. The number of halogens is 12. The summed E-state index contributed by atoms with van der Waals surface area (Å²) < 4.78 is 167. The Balaban J connectivity index is 1.53. The fourth-order valence-corrected chi connectivity index (χ4v) is 6.70. The van der Waals surface area contributed by atoms with Gasteiger partial charge in [-0.2, -0.15) is 57.9 Å². The van der Waals surface area contributed by atoms with Gasteiger partial charge in [-0.05, 0) is 109 Å². The van der Waals surface area contributed by atoms with Crippen LogP contribution in [0.4, 0.5) is 52.7 Å². The molecule has 0 amide bonds. The van der Waals surface area contributed by atoms with E-state index in [1.807, 2.05) is 0 Å². The summed E-state index contributed by atoms with van der Waals surface area (Å²) in [6.45, 7) is 3.44. The molecule has 57 heavy (non-hydrogen) atoms. The fraction of sp³-hybridized carbons (Fsp3) is 0.146. The molecule has 290 valence electrons. The third-order valence-electron chi connectivity index (χ3n) is 9.21. The molecule has 0 radical (unpaired) electrons. The SMILES string of the molecule is Cc1cc(C)nc(-c2ccc(-n3c4cc(-c5cc(C(F)(F)F)cc(C(F)(F)F)c5)ccc4c4ccc(-c5cc(C(F)(F)F)cc(C(F)(F)F)c5)cc43)cc2C#N)n1. The van der Waals surface area contributed by atoms with E-state index in [-0.39, 0.29) is 51.4 Å². The van der Waals surface area contributed by atoms with E-state index in [2.05, 4.69) is 16.0 Å². The molecule has 0 aliphatic rings. The van der Waals surface area contributed by atoms with Crippen LogP contribution in [-0.2, 0) is 24.7 Å². The lowest BCUT2D eigenvalue weighted by atomic mass is 9.97. The smallest absolute Gasteiger partial charge is 0.309 e. The number of nitriles is 1. The lowest BCUT2D eigenvalue weighted by molar-refractivity contribution is -0.144. The van der Waals surface area contributed by atoms with Crippen molar-refractivity contribution in [1.29, 1.82) is 5.26 Å². The van der Waals surface area contributed by atoms with E-state index in [9.17, 15) is 57.9 Å². The number of benzene rings is 5. The Labute approximate surface area is 314 Å². The van der Waals surface area contributed by atoms with Gasteiger partial charge in [-0.1, -0.05) is 24.3 Å². The molecule has 0 aliphatic carbocycles. The summed E-state index contributed by atoms with van der Waals surface area (Å²) in [5, 5.41) is 11.0. The maximum Gasteiger partial charge on any atom is 0.416 e. The summed E-state index contributed by atoms with van der Waals surface area (Å²) in [7, 11) is 0. The van der Waals surface area contributed by atoms with Crippen molar-refractivity contribution in [1.82, 2.24) is 14.5 Å². The van der Waals surface area contributed by atoms with Crippen LogP contribution < -0.4 is 0 Å². The summed E-state index contributed by atoms with van der Waals surface area (Å²) in [4.78, 5) is 8.81. The molecule has 0 saturated carbocycles. The minimum atomic E-state index is -5.14. The van der Waals surface area contributed by atoms with Crippen LogP contribution in [0.5, 0.6) is 0 Å². The molecule has 0 saturated heterocycles. The van der Waals surface area contributed by atoms with Crippen LogP contribution in [0.2, 0.25) is 0 Å². The van der Waals surface area contributed by atoms with E-state index >= 15 is 0 Å². The van der Waals surface area contributed by atoms with Crippen molar-refractivity contribution in [2.24, 2.45) is 0 Å². The van der Waals surface area contributed by atoms with Crippen LogP contribution >= 0.6 is 0 Å². The van der Waals surface area contributed by atoms with Gasteiger partial charge in [0.15, 0.2) is 5.82 Å². The van der Waals surface area contributed by atoms with Crippen LogP contribution in [0.1, 0.15) is 39.2 Å². The molecule has 0 spiro atoms. The summed E-state index contributed by atoms with van der Waals surface area (Å²) in [5.41, 5.74) is -5.20. The van der Waals surface area contributed by atoms with Crippen LogP contribution in [-0.4, -0.2) is 14.5 Å². The number of alkyl halides is 12. The molecule has 0 unspecified atom stereocenters. The van der Waals surface area contributed by atoms with Gasteiger partial charge >= 0.3 is 24.7 Å². The highest BCUT2D eigenvalue weighted by Gasteiger charge is 2.38. The van der Waals surface area contributed by atoms with Gasteiger partial charge in [-0.3, -0.25) is 0 Å². The first-order chi connectivity index (χ1) is 26.5. The molecule has 0 N–H and O–H groups in total. The van der Waals surface area contributed by atoms with Gasteiger partial charge in [-0.15, -0.1) is 0 Å².